The summed E-state index contributed by atoms with van der Waals surface area (Å²) >= 11 is 1.83. The Morgan fingerprint density at radius 2 is 1.90 bits per heavy atom. The molecule has 6 heteroatoms. The third kappa shape index (κ3) is 3.38. The summed E-state index contributed by atoms with van der Waals surface area (Å²) in [6, 6.07) is 3.55. The predicted octanol–water partition coefficient (Wildman–Crippen LogP) is 2.79. The first-order valence-corrected chi connectivity index (χ1v) is 9.57. The smallest absolute Gasteiger partial charge is 0.245 e. The maximum absolute atomic E-state index is 13.0. The molecular formula is C15H24N2O2S2. The molecule has 4 nitrogen and oxygen atoms in total. The maximum atomic E-state index is 13.0. The molecule has 0 unspecified atom stereocenters. The molecule has 1 heterocycles. The summed E-state index contributed by atoms with van der Waals surface area (Å²) in [5, 5.41) is 0. The van der Waals surface area contributed by atoms with Crippen molar-refractivity contribution >= 4 is 27.5 Å². The van der Waals surface area contributed by atoms with Crippen molar-refractivity contribution in [1.82, 2.24) is 4.31 Å². The van der Waals surface area contributed by atoms with E-state index in [0.717, 1.165) is 23.3 Å². The highest BCUT2D eigenvalue weighted by Gasteiger charge is 2.33. The SMILES string of the molecule is Cc1ccc(N)c(S(=O)(=O)N2CCSC(C)(C)CC2)c1C. The largest absolute Gasteiger partial charge is 0.398 e. The van der Waals surface area contributed by atoms with Crippen molar-refractivity contribution in [3.63, 3.8) is 0 Å². The Morgan fingerprint density at radius 3 is 2.57 bits per heavy atom. The number of nitrogens with zero attached hydrogens (tertiary/aromatic N) is 1. The molecule has 2 rings (SSSR count). The maximum Gasteiger partial charge on any atom is 0.245 e. The van der Waals surface area contributed by atoms with Crippen LogP contribution < -0.4 is 5.73 Å². The van der Waals surface area contributed by atoms with Gasteiger partial charge in [0.15, 0.2) is 0 Å². The van der Waals surface area contributed by atoms with Crippen LogP contribution in [0.25, 0.3) is 0 Å². The van der Waals surface area contributed by atoms with Gasteiger partial charge in [0.2, 0.25) is 10.0 Å². The van der Waals surface area contributed by atoms with Crippen LogP contribution in [0.15, 0.2) is 17.0 Å². The van der Waals surface area contributed by atoms with Crippen LogP contribution in [0.1, 0.15) is 31.4 Å². The topological polar surface area (TPSA) is 63.4 Å². The van der Waals surface area contributed by atoms with Crippen molar-refractivity contribution in [2.45, 2.75) is 43.8 Å². The average Bonchev–Trinajstić information content (AvgIpc) is 2.55. The van der Waals surface area contributed by atoms with Gasteiger partial charge in [-0.05, 0) is 37.5 Å². The molecule has 0 saturated carbocycles. The number of sulfonamides is 1. The van der Waals surface area contributed by atoms with Crippen LogP contribution in [0.4, 0.5) is 5.69 Å². The molecule has 0 amide bonds. The van der Waals surface area contributed by atoms with E-state index in [1.165, 1.54) is 0 Å². The average molecular weight is 329 g/mol. The lowest BCUT2D eigenvalue weighted by molar-refractivity contribution is 0.415. The Bertz CT molecular complexity index is 639. The Balaban J connectivity index is 2.41. The summed E-state index contributed by atoms with van der Waals surface area (Å²) in [6.45, 7) is 9.17. The third-order valence-corrected chi connectivity index (χ3v) is 7.58. The number of nitrogens with two attached hydrogens (primary N) is 1. The number of thioether (sulfide) groups is 1. The molecule has 1 aliphatic rings. The number of rotatable bonds is 2. The summed E-state index contributed by atoms with van der Waals surface area (Å²) in [5.74, 6) is 0.816. The van der Waals surface area contributed by atoms with Gasteiger partial charge in [0.1, 0.15) is 4.90 Å². The summed E-state index contributed by atoms with van der Waals surface area (Å²) in [6.07, 6.45) is 0.849. The first kappa shape index (κ1) is 16.6. The van der Waals surface area contributed by atoms with E-state index in [0.29, 0.717) is 18.8 Å². The van der Waals surface area contributed by atoms with Gasteiger partial charge in [-0.2, -0.15) is 16.1 Å². The molecule has 1 aliphatic heterocycles. The Morgan fingerprint density at radius 1 is 1.24 bits per heavy atom. The Kier molecular flexibility index (Phi) is 4.61. The van der Waals surface area contributed by atoms with Crippen LogP contribution in [0.5, 0.6) is 0 Å². The lowest BCUT2D eigenvalue weighted by Crippen LogP contribution is -2.34. The number of hydrogen-bond acceptors (Lipinski definition) is 4. The highest BCUT2D eigenvalue weighted by Crippen LogP contribution is 2.34. The molecule has 21 heavy (non-hydrogen) atoms. The van der Waals surface area contributed by atoms with Crippen molar-refractivity contribution in [1.29, 1.82) is 0 Å². The second-order valence-electron chi connectivity index (χ2n) is 6.19. The molecule has 0 bridgehead atoms. The van der Waals surface area contributed by atoms with Crippen LogP contribution in [-0.4, -0.2) is 36.3 Å². The molecule has 1 fully saturated rings. The van der Waals surface area contributed by atoms with Crippen molar-refractivity contribution < 1.29 is 8.42 Å². The Hall–Kier alpha value is -0.720. The number of nitrogen functional groups attached to an aromatic ring is 1. The molecular weight excluding hydrogens is 304 g/mol. The molecule has 1 aromatic rings. The van der Waals surface area contributed by atoms with Gasteiger partial charge in [0.05, 0.1) is 5.69 Å². The van der Waals surface area contributed by atoms with Gasteiger partial charge in [-0.3, -0.25) is 0 Å². The second-order valence-corrected chi connectivity index (χ2v) is 9.86. The zero-order valence-electron chi connectivity index (χ0n) is 13.1. The summed E-state index contributed by atoms with van der Waals surface area (Å²) in [4.78, 5) is 0.284. The summed E-state index contributed by atoms with van der Waals surface area (Å²) in [7, 11) is -3.52. The summed E-state index contributed by atoms with van der Waals surface area (Å²) in [5.41, 5.74) is 8.01. The van der Waals surface area contributed by atoms with Crippen molar-refractivity contribution in [2.24, 2.45) is 0 Å². The number of hydrogen-bond donors (Lipinski definition) is 1. The van der Waals surface area contributed by atoms with Crippen LogP contribution in [-0.2, 0) is 10.0 Å². The van der Waals surface area contributed by atoms with E-state index in [1.54, 1.807) is 10.4 Å². The molecule has 1 saturated heterocycles. The zero-order valence-corrected chi connectivity index (χ0v) is 14.8. The van der Waals surface area contributed by atoms with Crippen LogP contribution in [0, 0.1) is 13.8 Å². The fourth-order valence-electron chi connectivity index (χ4n) is 2.52. The van der Waals surface area contributed by atoms with E-state index in [4.69, 9.17) is 5.73 Å². The molecule has 0 spiro atoms. The minimum Gasteiger partial charge on any atom is -0.398 e. The third-order valence-electron chi connectivity index (χ3n) is 4.10. The molecule has 0 aliphatic carbocycles. The monoisotopic (exact) mass is 328 g/mol. The summed E-state index contributed by atoms with van der Waals surface area (Å²) < 4.78 is 27.7. The van der Waals surface area contributed by atoms with Gasteiger partial charge in [-0.25, -0.2) is 8.42 Å². The zero-order chi connectivity index (χ0) is 15.8. The Labute approximate surface area is 132 Å². The van der Waals surface area contributed by atoms with E-state index < -0.39 is 10.0 Å². The molecule has 2 N–H and O–H groups in total. The van der Waals surface area contributed by atoms with E-state index in [1.807, 2.05) is 31.7 Å². The van der Waals surface area contributed by atoms with Crippen molar-refractivity contribution in [3.05, 3.63) is 23.3 Å². The fourth-order valence-corrected chi connectivity index (χ4v) is 5.58. The molecule has 1 aromatic carbocycles. The van der Waals surface area contributed by atoms with Crippen molar-refractivity contribution in [3.8, 4) is 0 Å². The predicted molar refractivity (Wildman–Crippen MR) is 90.2 cm³/mol. The van der Waals surface area contributed by atoms with Crippen LogP contribution >= 0.6 is 11.8 Å². The van der Waals surface area contributed by atoms with Crippen LogP contribution in [0.2, 0.25) is 0 Å². The van der Waals surface area contributed by atoms with Gasteiger partial charge in [0.25, 0.3) is 0 Å². The number of anilines is 1. The number of benzene rings is 1. The fraction of sp³-hybridized carbons (Fsp3) is 0.600. The van der Waals surface area contributed by atoms with E-state index >= 15 is 0 Å². The van der Waals surface area contributed by atoms with Gasteiger partial charge < -0.3 is 5.73 Å². The molecule has 0 radical (unpaired) electrons. The minimum atomic E-state index is -3.52. The highest BCUT2D eigenvalue weighted by molar-refractivity contribution is 8.00. The molecule has 0 atom stereocenters. The van der Waals surface area contributed by atoms with Crippen molar-refractivity contribution in [2.75, 3.05) is 24.6 Å². The quantitative estimate of drug-likeness (QED) is 0.848. The second kappa shape index (κ2) is 5.82. The van der Waals surface area contributed by atoms with E-state index in [9.17, 15) is 8.42 Å². The van der Waals surface area contributed by atoms with E-state index in [-0.39, 0.29) is 9.64 Å². The van der Waals surface area contributed by atoms with Crippen LogP contribution in [0.3, 0.4) is 0 Å². The van der Waals surface area contributed by atoms with E-state index in [2.05, 4.69) is 13.8 Å². The van der Waals surface area contributed by atoms with Gasteiger partial charge in [-0.15, -0.1) is 0 Å². The van der Waals surface area contributed by atoms with Gasteiger partial charge >= 0.3 is 0 Å². The highest BCUT2D eigenvalue weighted by atomic mass is 32.2. The minimum absolute atomic E-state index is 0.122. The lowest BCUT2D eigenvalue weighted by Gasteiger charge is -2.24. The first-order chi connectivity index (χ1) is 9.65. The molecule has 0 aromatic heterocycles. The van der Waals surface area contributed by atoms with Gasteiger partial charge in [0, 0.05) is 23.6 Å². The first-order valence-electron chi connectivity index (χ1n) is 7.15. The molecule has 118 valence electrons. The normalized spacial score (nSPS) is 20.2. The lowest BCUT2D eigenvalue weighted by atomic mass is 10.1. The van der Waals surface area contributed by atoms with Gasteiger partial charge in [-0.1, -0.05) is 19.9 Å². The number of aryl methyl sites for hydroxylation is 1. The standard InChI is InChI=1S/C15H24N2O2S2/c1-11-5-6-13(16)14(12(11)2)21(18,19)17-8-7-15(3,4)20-10-9-17/h5-6H,7-10,16H2,1-4H3.